The molecule has 0 fully saturated rings. The van der Waals surface area contributed by atoms with Gasteiger partial charge in [0.1, 0.15) is 5.82 Å². The van der Waals surface area contributed by atoms with Gasteiger partial charge in [-0.05, 0) is 29.0 Å². The average Bonchev–Trinajstić information content (AvgIpc) is 2.40. The molecule has 0 aliphatic carbocycles. The van der Waals surface area contributed by atoms with Gasteiger partial charge in [0, 0.05) is 0 Å². The Balaban J connectivity index is 2.96. The Morgan fingerprint density at radius 2 is 1.30 bits per heavy atom. The van der Waals surface area contributed by atoms with Crippen molar-refractivity contribution in [2.45, 2.75) is 41.5 Å². The van der Waals surface area contributed by atoms with Crippen LogP contribution in [0.4, 0.5) is 4.39 Å². The molecule has 0 bridgehead atoms. The molecule has 128 valence electrons. The molecule has 1 rings (SSSR count). The van der Waals surface area contributed by atoms with Crippen LogP contribution in [0.5, 0.6) is 0 Å². The number of hydrogen-bond donors (Lipinski definition) is 0. The van der Waals surface area contributed by atoms with Gasteiger partial charge >= 0.3 is 11.9 Å². The van der Waals surface area contributed by atoms with Crippen molar-refractivity contribution in [2.75, 3.05) is 13.2 Å². The first-order chi connectivity index (χ1) is 10.4. The van der Waals surface area contributed by atoms with E-state index in [-0.39, 0.29) is 35.2 Å². The fourth-order valence-electron chi connectivity index (χ4n) is 1.58. The van der Waals surface area contributed by atoms with E-state index in [1.807, 2.05) is 41.5 Å². The largest absolute Gasteiger partial charge is 0.462 e. The maximum absolute atomic E-state index is 13.5. The number of carbonyl (C=O) groups excluding carboxylic acids is 2. The van der Waals surface area contributed by atoms with E-state index in [0.29, 0.717) is 0 Å². The molecule has 4 nitrogen and oxygen atoms in total. The molecule has 0 unspecified atom stereocenters. The minimum absolute atomic E-state index is 0.00885. The maximum Gasteiger partial charge on any atom is 0.339 e. The van der Waals surface area contributed by atoms with Crippen molar-refractivity contribution in [3.8, 4) is 0 Å². The Hall–Kier alpha value is -1.91. The summed E-state index contributed by atoms with van der Waals surface area (Å²) in [5.74, 6) is -2.01. The minimum Gasteiger partial charge on any atom is -0.462 e. The zero-order valence-electron chi connectivity index (χ0n) is 14.7. The number of hydrogen-bond acceptors (Lipinski definition) is 4. The second kappa shape index (κ2) is 7.11. The lowest BCUT2D eigenvalue weighted by Gasteiger charge is -2.19. The van der Waals surface area contributed by atoms with E-state index >= 15 is 0 Å². The molecule has 5 heteroatoms. The van der Waals surface area contributed by atoms with Crippen LogP contribution >= 0.6 is 0 Å². The van der Waals surface area contributed by atoms with E-state index in [9.17, 15) is 14.0 Å². The highest BCUT2D eigenvalue weighted by atomic mass is 19.1. The van der Waals surface area contributed by atoms with Gasteiger partial charge < -0.3 is 9.47 Å². The zero-order valence-corrected chi connectivity index (χ0v) is 14.7. The molecular formula is C18H25FO4. The normalized spacial score (nSPS) is 12.0. The molecule has 0 radical (unpaired) electrons. The van der Waals surface area contributed by atoms with E-state index in [2.05, 4.69) is 0 Å². The standard InChI is InChI=1S/C18H25FO4/c1-17(2,3)10-22-15(20)13-8-7-12(19)9-14(13)16(21)23-11-18(4,5)6/h7-9H,10-11H2,1-6H3. The molecule has 0 aliphatic heterocycles. The van der Waals surface area contributed by atoms with Crippen molar-refractivity contribution in [1.82, 2.24) is 0 Å². The Labute approximate surface area is 137 Å². The van der Waals surface area contributed by atoms with Gasteiger partial charge in [0.05, 0.1) is 24.3 Å². The van der Waals surface area contributed by atoms with Crippen LogP contribution in [0.2, 0.25) is 0 Å². The van der Waals surface area contributed by atoms with Crippen LogP contribution in [0, 0.1) is 16.6 Å². The highest BCUT2D eigenvalue weighted by Crippen LogP contribution is 2.19. The first-order valence-electron chi connectivity index (χ1n) is 7.53. The number of carbonyl (C=O) groups is 2. The first-order valence-corrected chi connectivity index (χ1v) is 7.53. The molecule has 0 saturated heterocycles. The van der Waals surface area contributed by atoms with Gasteiger partial charge in [-0.25, -0.2) is 14.0 Å². The summed E-state index contributed by atoms with van der Waals surface area (Å²) in [6.45, 7) is 11.8. The number of halogens is 1. The van der Waals surface area contributed by atoms with Crippen LogP contribution in [0.15, 0.2) is 18.2 Å². The summed E-state index contributed by atoms with van der Waals surface area (Å²) in [4.78, 5) is 24.3. The average molecular weight is 324 g/mol. The monoisotopic (exact) mass is 324 g/mol. The molecule has 0 amide bonds. The van der Waals surface area contributed by atoms with Crippen molar-refractivity contribution in [2.24, 2.45) is 10.8 Å². The quantitative estimate of drug-likeness (QED) is 0.778. The molecule has 0 saturated carbocycles. The van der Waals surface area contributed by atoms with Gasteiger partial charge in [-0.3, -0.25) is 0 Å². The van der Waals surface area contributed by atoms with Gasteiger partial charge in [-0.1, -0.05) is 41.5 Å². The second-order valence-electron chi connectivity index (χ2n) is 7.96. The zero-order chi connectivity index (χ0) is 17.8. The molecular weight excluding hydrogens is 299 g/mol. The summed E-state index contributed by atoms with van der Waals surface area (Å²) in [5, 5.41) is 0. The molecule has 0 aliphatic rings. The molecule has 1 aromatic carbocycles. The molecule has 1 aromatic rings. The van der Waals surface area contributed by atoms with E-state index in [4.69, 9.17) is 9.47 Å². The third-order valence-electron chi connectivity index (χ3n) is 2.69. The molecule has 0 heterocycles. The van der Waals surface area contributed by atoms with Gasteiger partial charge in [0.2, 0.25) is 0 Å². The van der Waals surface area contributed by atoms with Crippen LogP contribution in [-0.2, 0) is 9.47 Å². The predicted molar refractivity (Wildman–Crippen MR) is 85.9 cm³/mol. The van der Waals surface area contributed by atoms with Crippen LogP contribution in [0.25, 0.3) is 0 Å². The van der Waals surface area contributed by atoms with Gasteiger partial charge in [0.25, 0.3) is 0 Å². The molecule has 23 heavy (non-hydrogen) atoms. The summed E-state index contributed by atoms with van der Waals surface area (Å²) in [6, 6.07) is 3.36. The van der Waals surface area contributed by atoms with E-state index in [1.54, 1.807) is 0 Å². The van der Waals surface area contributed by atoms with Crippen molar-refractivity contribution < 1.29 is 23.5 Å². The highest BCUT2D eigenvalue weighted by molar-refractivity contribution is 6.03. The van der Waals surface area contributed by atoms with Crippen LogP contribution in [0.1, 0.15) is 62.3 Å². The molecule has 0 N–H and O–H groups in total. The van der Waals surface area contributed by atoms with E-state index in [0.717, 1.165) is 12.1 Å². The molecule has 0 aromatic heterocycles. The van der Waals surface area contributed by atoms with Gasteiger partial charge in [-0.2, -0.15) is 0 Å². The van der Waals surface area contributed by atoms with Crippen molar-refractivity contribution in [3.63, 3.8) is 0 Å². The van der Waals surface area contributed by atoms with Crippen LogP contribution < -0.4 is 0 Å². The number of esters is 2. The fraction of sp³-hybridized carbons (Fsp3) is 0.556. The number of ether oxygens (including phenoxy) is 2. The smallest absolute Gasteiger partial charge is 0.339 e. The SMILES string of the molecule is CC(C)(C)COC(=O)c1ccc(F)cc1C(=O)OCC(C)(C)C. The molecule has 0 atom stereocenters. The fourth-order valence-corrected chi connectivity index (χ4v) is 1.58. The summed E-state index contributed by atoms with van der Waals surface area (Å²) >= 11 is 0. The summed E-state index contributed by atoms with van der Waals surface area (Å²) in [5.41, 5.74) is -0.541. The Kier molecular flexibility index (Phi) is 5.92. The number of rotatable bonds is 4. The second-order valence-corrected chi connectivity index (χ2v) is 7.96. The summed E-state index contributed by atoms with van der Waals surface area (Å²) in [7, 11) is 0. The Morgan fingerprint density at radius 1 is 0.870 bits per heavy atom. The maximum atomic E-state index is 13.5. The van der Waals surface area contributed by atoms with E-state index < -0.39 is 17.8 Å². The lowest BCUT2D eigenvalue weighted by Crippen LogP contribution is -2.22. The van der Waals surface area contributed by atoms with Gasteiger partial charge in [-0.15, -0.1) is 0 Å². The van der Waals surface area contributed by atoms with Gasteiger partial charge in [0.15, 0.2) is 0 Å². The minimum atomic E-state index is -0.734. The van der Waals surface area contributed by atoms with Crippen molar-refractivity contribution >= 4 is 11.9 Å². The first kappa shape index (κ1) is 19.1. The Bertz CT molecular complexity index is 580. The van der Waals surface area contributed by atoms with Crippen LogP contribution in [-0.4, -0.2) is 25.2 Å². The topological polar surface area (TPSA) is 52.6 Å². The third kappa shape index (κ3) is 6.80. The van der Waals surface area contributed by atoms with Crippen LogP contribution in [0.3, 0.4) is 0 Å². The predicted octanol–water partition coefficient (Wildman–Crippen LogP) is 4.23. The lowest BCUT2D eigenvalue weighted by molar-refractivity contribution is 0.0322. The third-order valence-corrected chi connectivity index (χ3v) is 2.69. The summed E-state index contributed by atoms with van der Waals surface area (Å²) < 4.78 is 23.8. The van der Waals surface area contributed by atoms with Crippen molar-refractivity contribution in [3.05, 3.63) is 35.1 Å². The molecule has 0 spiro atoms. The van der Waals surface area contributed by atoms with E-state index in [1.165, 1.54) is 6.07 Å². The lowest BCUT2D eigenvalue weighted by atomic mass is 9.98. The number of benzene rings is 1. The Morgan fingerprint density at radius 3 is 1.74 bits per heavy atom. The summed E-state index contributed by atoms with van der Waals surface area (Å²) in [6.07, 6.45) is 0. The highest BCUT2D eigenvalue weighted by Gasteiger charge is 2.23. The van der Waals surface area contributed by atoms with Crippen molar-refractivity contribution in [1.29, 1.82) is 0 Å².